The van der Waals surface area contributed by atoms with E-state index in [-0.39, 0.29) is 5.75 Å². The van der Waals surface area contributed by atoms with E-state index in [9.17, 15) is 8.42 Å². The molecular formula is C10H22ClNO3S. The second-order valence-corrected chi connectivity index (χ2v) is 7.72. The van der Waals surface area contributed by atoms with E-state index in [0.29, 0.717) is 32.2 Å². The van der Waals surface area contributed by atoms with Gasteiger partial charge in [-0.05, 0) is 20.8 Å². The summed E-state index contributed by atoms with van der Waals surface area (Å²) < 4.78 is 27.9. The first-order chi connectivity index (χ1) is 7.31. The van der Waals surface area contributed by atoms with Crippen molar-refractivity contribution in [2.75, 3.05) is 37.9 Å². The molecule has 0 aromatic carbocycles. The fourth-order valence-corrected chi connectivity index (χ4v) is 2.07. The molecule has 6 heteroatoms. The van der Waals surface area contributed by atoms with Gasteiger partial charge >= 0.3 is 0 Å². The van der Waals surface area contributed by atoms with E-state index in [1.54, 1.807) is 20.8 Å². The van der Waals surface area contributed by atoms with Crippen molar-refractivity contribution in [2.45, 2.75) is 25.5 Å². The van der Waals surface area contributed by atoms with Crippen molar-refractivity contribution < 1.29 is 13.2 Å². The summed E-state index contributed by atoms with van der Waals surface area (Å²) >= 11 is 5.43. The molecule has 0 amide bonds. The lowest BCUT2D eigenvalue weighted by atomic mass is 10.3. The SMILES string of the molecule is CC(C)(C)S(=O)(=O)CCNCCOCCCl. The zero-order valence-electron chi connectivity index (χ0n) is 10.3. The van der Waals surface area contributed by atoms with Gasteiger partial charge in [-0.2, -0.15) is 0 Å². The predicted octanol–water partition coefficient (Wildman–Crippen LogP) is 1.04. The molecule has 0 spiro atoms. The van der Waals surface area contributed by atoms with Crippen LogP contribution in [-0.2, 0) is 14.6 Å². The smallest absolute Gasteiger partial charge is 0.156 e. The van der Waals surface area contributed by atoms with Crippen LogP contribution in [0.1, 0.15) is 20.8 Å². The van der Waals surface area contributed by atoms with Gasteiger partial charge in [0.15, 0.2) is 9.84 Å². The van der Waals surface area contributed by atoms with Crippen LogP contribution in [0.15, 0.2) is 0 Å². The first kappa shape index (κ1) is 16.2. The van der Waals surface area contributed by atoms with Crippen molar-refractivity contribution in [1.29, 1.82) is 0 Å². The minimum Gasteiger partial charge on any atom is -0.379 e. The number of hydrogen-bond acceptors (Lipinski definition) is 4. The maximum atomic E-state index is 11.7. The molecule has 0 bridgehead atoms. The van der Waals surface area contributed by atoms with E-state index in [2.05, 4.69) is 5.32 Å². The third-order valence-corrected chi connectivity index (χ3v) is 4.89. The Balaban J connectivity index is 3.60. The van der Waals surface area contributed by atoms with Gasteiger partial charge in [0.25, 0.3) is 0 Å². The second kappa shape index (κ2) is 7.48. The molecule has 0 unspecified atom stereocenters. The number of nitrogens with one attached hydrogen (secondary N) is 1. The van der Waals surface area contributed by atoms with Crippen LogP contribution in [0.3, 0.4) is 0 Å². The molecule has 0 radical (unpaired) electrons. The van der Waals surface area contributed by atoms with Crippen LogP contribution in [0.5, 0.6) is 0 Å². The van der Waals surface area contributed by atoms with Crippen molar-refractivity contribution >= 4 is 21.4 Å². The summed E-state index contributed by atoms with van der Waals surface area (Å²) in [6, 6.07) is 0. The Kier molecular flexibility index (Phi) is 7.55. The summed E-state index contributed by atoms with van der Waals surface area (Å²) in [6.07, 6.45) is 0. The minimum absolute atomic E-state index is 0.159. The fraction of sp³-hybridized carbons (Fsp3) is 1.00. The molecule has 0 rings (SSSR count). The Morgan fingerprint density at radius 3 is 2.31 bits per heavy atom. The quantitative estimate of drug-likeness (QED) is 0.530. The summed E-state index contributed by atoms with van der Waals surface area (Å²) in [5.74, 6) is 0.643. The molecule has 0 fully saturated rings. The highest BCUT2D eigenvalue weighted by atomic mass is 35.5. The highest BCUT2D eigenvalue weighted by Crippen LogP contribution is 2.14. The van der Waals surface area contributed by atoms with Gasteiger partial charge in [0.1, 0.15) is 0 Å². The zero-order valence-corrected chi connectivity index (χ0v) is 11.8. The van der Waals surface area contributed by atoms with Gasteiger partial charge in [0, 0.05) is 19.0 Å². The van der Waals surface area contributed by atoms with Gasteiger partial charge < -0.3 is 10.1 Å². The average Bonchev–Trinajstić information content (AvgIpc) is 2.14. The Hall–Kier alpha value is 0.160. The number of rotatable bonds is 8. The van der Waals surface area contributed by atoms with E-state index >= 15 is 0 Å². The molecule has 98 valence electrons. The normalized spacial score (nSPS) is 13.0. The van der Waals surface area contributed by atoms with Crippen LogP contribution in [-0.4, -0.2) is 51.1 Å². The Morgan fingerprint density at radius 1 is 1.19 bits per heavy atom. The molecule has 0 saturated carbocycles. The first-order valence-electron chi connectivity index (χ1n) is 5.38. The maximum absolute atomic E-state index is 11.7. The van der Waals surface area contributed by atoms with Crippen molar-refractivity contribution in [2.24, 2.45) is 0 Å². The molecule has 0 aromatic heterocycles. The first-order valence-corrected chi connectivity index (χ1v) is 7.56. The third kappa shape index (κ3) is 6.68. The van der Waals surface area contributed by atoms with Crippen molar-refractivity contribution in [1.82, 2.24) is 5.32 Å². The topological polar surface area (TPSA) is 55.4 Å². The van der Waals surface area contributed by atoms with Gasteiger partial charge in [-0.25, -0.2) is 8.42 Å². The van der Waals surface area contributed by atoms with Crippen LogP contribution in [0.25, 0.3) is 0 Å². The monoisotopic (exact) mass is 271 g/mol. The molecule has 0 aliphatic heterocycles. The van der Waals surface area contributed by atoms with Crippen LogP contribution in [0.4, 0.5) is 0 Å². The predicted molar refractivity (Wildman–Crippen MR) is 67.9 cm³/mol. The van der Waals surface area contributed by atoms with Crippen LogP contribution >= 0.6 is 11.6 Å². The highest BCUT2D eigenvalue weighted by molar-refractivity contribution is 7.92. The molecule has 0 aromatic rings. The molecule has 0 heterocycles. The Bertz CT molecular complexity index is 272. The number of alkyl halides is 1. The van der Waals surface area contributed by atoms with E-state index < -0.39 is 14.6 Å². The van der Waals surface area contributed by atoms with E-state index in [1.807, 2.05) is 0 Å². The van der Waals surface area contributed by atoms with Crippen LogP contribution < -0.4 is 5.32 Å². The zero-order chi connectivity index (χ0) is 12.7. The molecule has 1 N–H and O–H groups in total. The molecular weight excluding hydrogens is 250 g/mol. The van der Waals surface area contributed by atoms with Gasteiger partial charge in [-0.1, -0.05) is 0 Å². The number of ether oxygens (including phenoxy) is 1. The molecule has 0 saturated heterocycles. The summed E-state index contributed by atoms with van der Waals surface area (Å²) in [5, 5.41) is 3.03. The lowest BCUT2D eigenvalue weighted by Crippen LogP contribution is -2.35. The summed E-state index contributed by atoms with van der Waals surface area (Å²) in [4.78, 5) is 0. The summed E-state index contributed by atoms with van der Waals surface area (Å²) in [6.45, 7) is 7.34. The lowest BCUT2D eigenvalue weighted by molar-refractivity contribution is 0.151. The summed E-state index contributed by atoms with van der Waals surface area (Å²) in [5.41, 5.74) is 0. The molecule has 4 nitrogen and oxygen atoms in total. The Labute approximate surface area is 104 Å². The van der Waals surface area contributed by atoms with Gasteiger partial charge in [0.05, 0.1) is 23.7 Å². The van der Waals surface area contributed by atoms with Crippen molar-refractivity contribution in [3.8, 4) is 0 Å². The second-order valence-electron chi connectivity index (χ2n) is 4.48. The minimum atomic E-state index is -3.02. The van der Waals surface area contributed by atoms with Gasteiger partial charge in [-0.3, -0.25) is 0 Å². The fourth-order valence-electron chi connectivity index (χ4n) is 0.939. The highest BCUT2D eigenvalue weighted by Gasteiger charge is 2.27. The lowest BCUT2D eigenvalue weighted by Gasteiger charge is -2.19. The van der Waals surface area contributed by atoms with E-state index in [4.69, 9.17) is 16.3 Å². The molecule has 0 atom stereocenters. The van der Waals surface area contributed by atoms with Gasteiger partial charge in [0.2, 0.25) is 0 Å². The third-order valence-electron chi connectivity index (χ3n) is 2.13. The maximum Gasteiger partial charge on any atom is 0.156 e. The van der Waals surface area contributed by atoms with Crippen LogP contribution in [0, 0.1) is 0 Å². The molecule has 16 heavy (non-hydrogen) atoms. The standard InChI is InChI=1S/C10H22ClNO3S/c1-10(2,3)16(13,14)9-6-12-5-8-15-7-4-11/h12H,4-9H2,1-3H3. The number of sulfone groups is 1. The van der Waals surface area contributed by atoms with Crippen LogP contribution in [0.2, 0.25) is 0 Å². The van der Waals surface area contributed by atoms with E-state index in [0.717, 1.165) is 0 Å². The molecule has 0 aliphatic carbocycles. The summed E-state index contributed by atoms with van der Waals surface area (Å²) in [7, 11) is -3.02. The van der Waals surface area contributed by atoms with E-state index in [1.165, 1.54) is 0 Å². The number of halogens is 1. The van der Waals surface area contributed by atoms with Crippen molar-refractivity contribution in [3.63, 3.8) is 0 Å². The Morgan fingerprint density at radius 2 is 1.81 bits per heavy atom. The van der Waals surface area contributed by atoms with Crippen molar-refractivity contribution in [3.05, 3.63) is 0 Å². The number of hydrogen-bond donors (Lipinski definition) is 1. The van der Waals surface area contributed by atoms with Gasteiger partial charge in [-0.15, -0.1) is 11.6 Å². The average molecular weight is 272 g/mol. The largest absolute Gasteiger partial charge is 0.379 e. The molecule has 0 aliphatic rings.